The molecule has 0 bridgehead atoms. The minimum atomic E-state index is -0.943. The fourth-order valence-electron chi connectivity index (χ4n) is 3.81. The fourth-order valence-corrected chi connectivity index (χ4v) is 3.81. The normalized spacial score (nSPS) is 15.2. The standard InChI is InChI=1S/C28H25FN2O5/c1-3-13-33-21-6-4-5-18(14-21)26-23-12-11-22(15-25(23)36-27(31)24(26)16-30)35-28(32)17(2)34-20-9-7-19(29)8-10-20/h4-12,14-15,17,26H,3,13,31H2,1-2H3. The minimum Gasteiger partial charge on any atom is -0.494 e. The number of carbonyl (C=O) groups is 1. The van der Waals surface area contributed by atoms with E-state index in [4.69, 9.17) is 24.7 Å². The highest BCUT2D eigenvalue weighted by atomic mass is 19.1. The van der Waals surface area contributed by atoms with Crippen LogP contribution in [0, 0.1) is 17.1 Å². The first-order valence-electron chi connectivity index (χ1n) is 11.5. The lowest BCUT2D eigenvalue weighted by molar-refractivity contribution is -0.141. The molecule has 0 saturated carbocycles. The highest BCUT2D eigenvalue weighted by molar-refractivity contribution is 5.77. The van der Waals surface area contributed by atoms with Crippen molar-refractivity contribution in [2.45, 2.75) is 32.3 Å². The highest BCUT2D eigenvalue weighted by Crippen LogP contribution is 2.44. The van der Waals surface area contributed by atoms with Gasteiger partial charge in [0.15, 0.2) is 6.10 Å². The van der Waals surface area contributed by atoms with Crippen molar-refractivity contribution in [1.82, 2.24) is 0 Å². The van der Waals surface area contributed by atoms with Crippen molar-refractivity contribution in [3.63, 3.8) is 0 Å². The van der Waals surface area contributed by atoms with Gasteiger partial charge in [-0.1, -0.05) is 25.1 Å². The van der Waals surface area contributed by atoms with Gasteiger partial charge in [0.05, 0.1) is 12.5 Å². The van der Waals surface area contributed by atoms with Crippen molar-refractivity contribution < 1.29 is 28.1 Å². The molecule has 0 spiro atoms. The molecule has 0 amide bonds. The summed E-state index contributed by atoms with van der Waals surface area (Å²) in [7, 11) is 0. The van der Waals surface area contributed by atoms with E-state index >= 15 is 0 Å². The van der Waals surface area contributed by atoms with E-state index in [1.807, 2.05) is 31.2 Å². The van der Waals surface area contributed by atoms with Gasteiger partial charge in [-0.15, -0.1) is 0 Å². The van der Waals surface area contributed by atoms with E-state index in [1.165, 1.54) is 31.2 Å². The van der Waals surface area contributed by atoms with Gasteiger partial charge in [0, 0.05) is 11.6 Å². The zero-order valence-corrected chi connectivity index (χ0v) is 19.9. The summed E-state index contributed by atoms with van der Waals surface area (Å²) < 4.78 is 35.6. The first-order chi connectivity index (χ1) is 17.4. The molecule has 2 N–H and O–H groups in total. The summed E-state index contributed by atoms with van der Waals surface area (Å²) in [5.74, 6) is 0.0741. The molecule has 0 fully saturated rings. The van der Waals surface area contributed by atoms with Gasteiger partial charge < -0.3 is 24.7 Å². The molecule has 0 aliphatic carbocycles. The van der Waals surface area contributed by atoms with Crippen LogP contribution in [0.2, 0.25) is 0 Å². The van der Waals surface area contributed by atoms with Gasteiger partial charge in [-0.05, 0) is 61.4 Å². The van der Waals surface area contributed by atoms with Gasteiger partial charge in [0.25, 0.3) is 0 Å². The van der Waals surface area contributed by atoms with Crippen LogP contribution in [0.25, 0.3) is 0 Å². The van der Waals surface area contributed by atoms with E-state index in [0.717, 1.165) is 12.0 Å². The van der Waals surface area contributed by atoms with E-state index < -0.39 is 23.8 Å². The van der Waals surface area contributed by atoms with Gasteiger partial charge in [0.2, 0.25) is 5.88 Å². The number of nitrogens with two attached hydrogens (primary N) is 1. The molecule has 3 aromatic rings. The number of halogens is 1. The van der Waals surface area contributed by atoms with E-state index in [9.17, 15) is 14.4 Å². The molecule has 2 atom stereocenters. The lowest BCUT2D eigenvalue weighted by atomic mass is 9.83. The zero-order chi connectivity index (χ0) is 25.7. The first-order valence-corrected chi connectivity index (χ1v) is 11.5. The molecule has 2 unspecified atom stereocenters. The van der Waals surface area contributed by atoms with Crippen LogP contribution in [0.5, 0.6) is 23.0 Å². The number of carbonyl (C=O) groups excluding carboxylic acids is 1. The average Bonchev–Trinajstić information content (AvgIpc) is 2.88. The minimum absolute atomic E-state index is 0.0219. The SMILES string of the molecule is CCCOc1cccc(C2C(C#N)=C(N)Oc3cc(OC(=O)C(C)Oc4ccc(F)cc4)ccc32)c1. The van der Waals surface area contributed by atoms with E-state index in [-0.39, 0.29) is 17.2 Å². The molecule has 7 nitrogen and oxygen atoms in total. The Bertz CT molecular complexity index is 1330. The maximum Gasteiger partial charge on any atom is 0.352 e. The molecule has 1 aliphatic heterocycles. The summed E-state index contributed by atoms with van der Waals surface area (Å²) in [6, 6.07) is 19.9. The largest absolute Gasteiger partial charge is 0.494 e. The maximum absolute atomic E-state index is 13.1. The van der Waals surface area contributed by atoms with Crippen molar-refractivity contribution in [1.29, 1.82) is 5.26 Å². The van der Waals surface area contributed by atoms with Crippen LogP contribution in [0.15, 0.2) is 78.2 Å². The third-order valence-corrected chi connectivity index (χ3v) is 5.53. The predicted molar refractivity (Wildman–Crippen MR) is 130 cm³/mol. The number of nitriles is 1. The van der Waals surface area contributed by atoms with E-state index in [0.29, 0.717) is 29.4 Å². The maximum atomic E-state index is 13.1. The number of hydrogen-bond donors (Lipinski definition) is 1. The summed E-state index contributed by atoms with van der Waals surface area (Å²) >= 11 is 0. The number of nitrogens with zero attached hydrogens (tertiary/aromatic N) is 1. The van der Waals surface area contributed by atoms with Gasteiger partial charge >= 0.3 is 5.97 Å². The molecule has 1 heterocycles. The molecule has 1 aliphatic rings. The van der Waals surface area contributed by atoms with Crippen LogP contribution in [0.3, 0.4) is 0 Å². The van der Waals surface area contributed by atoms with Crippen molar-refractivity contribution in [2.24, 2.45) is 5.73 Å². The number of esters is 1. The predicted octanol–water partition coefficient (Wildman–Crippen LogP) is 5.21. The summed E-state index contributed by atoms with van der Waals surface area (Å²) in [5, 5.41) is 9.80. The van der Waals surface area contributed by atoms with Gasteiger partial charge in [-0.3, -0.25) is 0 Å². The van der Waals surface area contributed by atoms with Gasteiger partial charge in [-0.2, -0.15) is 5.26 Å². The molecule has 0 saturated heterocycles. The molecule has 0 radical (unpaired) electrons. The summed E-state index contributed by atoms with van der Waals surface area (Å²) in [5.41, 5.74) is 7.89. The molecule has 4 rings (SSSR count). The number of benzene rings is 3. The molecule has 3 aromatic carbocycles. The summed E-state index contributed by atoms with van der Waals surface area (Å²) in [6.07, 6.45) is -0.0726. The van der Waals surface area contributed by atoms with E-state index in [1.54, 1.807) is 18.2 Å². The Morgan fingerprint density at radius 3 is 2.58 bits per heavy atom. The lowest BCUT2D eigenvalue weighted by Gasteiger charge is -2.27. The van der Waals surface area contributed by atoms with Crippen LogP contribution >= 0.6 is 0 Å². The van der Waals surface area contributed by atoms with E-state index in [2.05, 4.69) is 6.07 Å². The number of allylic oxidation sites excluding steroid dienone is 1. The Morgan fingerprint density at radius 2 is 1.86 bits per heavy atom. The third-order valence-electron chi connectivity index (χ3n) is 5.53. The molecular formula is C28H25FN2O5. The summed E-state index contributed by atoms with van der Waals surface area (Å²) in [4.78, 5) is 12.6. The molecule has 8 heteroatoms. The van der Waals surface area contributed by atoms with Crippen molar-refractivity contribution in [3.05, 3.63) is 95.1 Å². The second-order valence-corrected chi connectivity index (χ2v) is 8.18. The third kappa shape index (κ3) is 5.41. The smallest absolute Gasteiger partial charge is 0.352 e. The van der Waals surface area contributed by atoms with Crippen molar-refractivity contribution in [2.75, 3.05) is 6.61 Å². The molecule has 0 aromatic heterocycles. The number of hydrogen-bond acceptors (Lipinski definition) is 7. The Labute approximate surface area is 208 Å². The van der Waals surface area contributed by atoms with Crippen molar-refractivity contribution in [3.8, 4) is 29.1 Å². The molecule has 36 heavy (non-hydrogen) atoms. The van der Waals surface area contributed by atoms with Crippen LogP contribution < -0.4 is 24.7 Å². The Morgan fingerprint density at radius 1 is 1.11 bits per heavy atom. The fraction of sp³-hybridized carbons (Fsp3) is 0.214. The summed E-state index contributed by atoms with van der Waals surface area (Å²) in [6.45, 7) is 4.13. The quantitative estimate of drug-likeness (QED) is 0.343. The van der Waals surface area contributed by atoms with Crippen LogP contribution in [-0.4, -0.2) is 18.7 Å². The topological polar surface area (TPSA) is 104 Å². The number of rotatable bonds is 8. The number of fused-ring (bicyclic) bond motifs is 1. The van der Waals surface area contributed by atoms with Crippen LogP contribution in [0.1, 0.15) is 37.3 Å². The second kappa shape index (κ2) is 10.8. The van der Waals surface area contributed by atoms with Crippen LogP contribution in [-0.2, 0) is 4.79 Å². The Balaban J connectivity index is 1.57. The number of ether oxygens (including phenoxy) is 4. The Hall–Kier alpha value is -4.51. The van der Waals surface area contributed by atoms with Crippen LogP contribution in [0.4, 0.5) is 4.39 Å². The second-order valence-electron chi connectivity index (χ2n) is 8.18. The lowest BCUT2D eigenvalue weighted by Crippen LogP contribution is -2.28. The highest BCUT2D eigenvalue weighted by Gasteiger charge is 2.31. The van der Waals surface area contributed by atoms with Crippen molar-refractivity contribution >= 4 is 5.97 Å². The average molecular weight is 489 g/mol. The molecular weight excluding hydrogens is 463 g/mol. The monoisotopic (exact) mass is 488 g/mol. The van der Waals surface area contributed by atoms with Gasteiger partial charge in [0.1, 0.15) is 40.5 Å². The molecule has 184 valence electrons. The Kier molecular flexibility index (Phi) is 7.40. The zero-order valence-electron chi connectivity index (χ0n) is 19.9. The van der Waals surface area contributed by atoms with Gasteiger partial charge in [-0.25, -0.2) is 9.18 Å². The first kappa shape index (κ1) is 24.6.